The monoisotopic (exact) mass is 611 g/mol. The fourth-order valence-electron chi connectivity index (χ4n) is 5.41. The molecule has 2 heterocycles. The van der Waals surface area contributed by atoms with Gasteiger partial charge in [0.1, 0.15) is 5.75 Å². The highest BCUT2D eigenvalue weighted by molar-refractivity contribution is 5.99. The molecular formula is C34H53N5O5. The molecule has 1 aromatic heterocycles. The Kier molecular flexibility index (Phi) is 14.5. The van der Waals surface area contributed by atoms with Gasteiger partial charge in [0.15, 0.2) is 0 Å². The normalized spacial score (nSPS) is 21.0. The van der Waals surface area contributed by atoms with Gasteiger partial charge in [0.05, 0.1) is 30.4 Å². The van der Waals surface area contributed by atoms with Crippen LogP contribution in [0.5, 0.6) is 5.75 Å². The maximum absolute atomic E-state index is 14.3. The van der Waals surface area contributed by atoms with Crippen LogP contribution in [0.2, 0.25) is 0 Å². The summed E-state index contributed by atoms with van der Waals surface area (Å²) in [5.41, 5.74) is 2.10. The number of aliphatic hydroxyl groups excluding tert-OH is 1. The molecule has 0 aliphatic carbocycles. The van der Waals surface area contributed by atoms with E-state index in [2.05, 4.69) is 29.2 Å². The van der Waals surface area contributed by atoms with Crippen LogP contribution in [-0.2, 0) is 16.1 Å². The molecule has 0 saturated carbocycles. The Bertz CT molecular complexity index is 1160. The van der Waals surface area contributed by atoms with E-state index in [4.69, 9.17) is 9.47 Å². The predicted octanol–water partition coefficient (Wildman–Crippen LogP) is 4.29. The second-order valence-corrected chi connectivity index (χ2v) is 12.5. The zero-order chi connectivity index (χ0) is 32.1. The number of likely N-dealkylation sites (N-methyl/N-ethyl adjacent to an activating group) is 1. The first-order valence-electron chi connectivity index (χ1n) is 15.9. The first kappa shape index (κ1) is 35.4. The summed E-state index contributed by atoms with van der Waals surface area (Å²) in [7, 11) is 6.04. The molecule has 0 spiro atoms. The molecule has 2 amide bonds. The molecule has 1 aromatic carbocycles. The highest BCUT2D eigenvalue weighted by Gasteiger charge is 2.30. The zero-order valence-corrected chi connectivity index (χ0v) is 27.5. The number of aliphatic hydroxyl groups is 1. The van der Waals surface area contributed by atoms with E-state index in [1.54, 1.807) is 35.5 Å². The average molecular weight is 612 g/mol. The van der Waals surface area contributed by atoms with Crippen LogP contribution in [0.25, 0.3) is 0 Å². The first-order chi connectivity index (χ1) is 21.1. The molecule has 3 rings (SSSR count). The van der Waals surface area contributed by atoms with Gasteiger partial charge < -0.3 is 29.7 Å². The van der Waals surface area contributed by atoms with E-state index in [0.29, 0.717) is 43.1 Å². The molecule has 0 radical (unpaired) electrons. The number of pyridine rings is 1. The topological polar surface area (TPSA) is 107 Å². The largest absolute Gasteiger partial charge is 0.490 e. The van der Waals surface area contributed by atoms with E-state index in [0.717, 1.165) is 38.8 Å². The Morgan fingerprint density at radius 1 is 1.16 bits per heavy atom. The highest BCUT2D eigenvalue weighted by atomic mass is 16.5. The standard InChI is InChI=1S/C34H53N5O5/c1-25-21-39(26(2)24-40)34(42)30-20-29(36-33(41)11-9-18-37(4)5)12-13-31(30)44-27(3)10-7-8-19-43-32(25)23-38(6)22-28-14-16-35-17-15-28/h12-17,20,25-27,32,40H,7-11,18-19,21-24H2,1-6H3,(H,36,41)/t25-,26+,27-,32+/m0/s1. The Labute approximate surface area is 263 Å². The summed E-state index contributed by atoms with van der Waals surface area (Å²) >= 11 is 0. The van der Waals surface area contributed by atoms with Crippen LogP contribution in [0.15, 0.2) is 42.7 Å². The van der Waals surface area contributed by atoms with Gasteiger partial charge >= 0.3 is 0 Å². The van der Waals surface area contributed by atoms with Crippen LogP contribution in [0.1, 0.15) is 68.8 Å². The van der Waals surface area contributed by atoms with E-state index < -0.39 is 6.04 Å². The number of hydrogen-bond acceptors (Lipinski definition) is 8. The molecule has 1 aliphatic heterocycles. The van der Waals surface area contributed by atoms with E-state index in [1.807, 2.05) is 45.0 Å². The summed E-state index contributed by atoms with van der Waals surface area (Å²) in [5, 5.41) is 13.1. The van der Waals surface area contributed by atoms with Gasteiger partial charge in [-0.25, -0.2) is 0 Å². The van der Waals surface area contributed by atoms with E-state index in [1.165, 1.54) is 5.56 Å². The number of nitrogens with zero attached hydrogens (tertiary/aromatic N) is 4. The minimum absolute atomic E-state index is 0.0151. The second-order valence-electron chi connectivity index (χ2n) is 12.5. The lowest BCUT2D eigenvalue weighted by molar-refractivity contribution is -0.116. The van der Waals surface area contributed by atoms with Gasteiger partial charge in [0, 0.05) is 56.7 Å². The van der Waals surface area contributed by atoms with Crippen LogP contribution in [0.4, 0.5) is 5.69 Å². The van der Waals surface area contributed by atoms with Crippen LogP contribution < -0.4 is 10.1 Å². The lowest BCUT2D eigenvalue weighted by atomic mass is 10.0. The van der Waals surface area contributed by atoms with Crippen molar-refractivity contribution in [2.24, 2.45) is 5.92 Å². The van der Waals surface area contributed by atoms with Crippen molar-refractivity contribution in [3.8, 4) is 5.75 Å². The second kappa shape index (κ2) is 18.0. The smallest absolute Gasteiger partial charge is 0.258 e. The molecule has 0 fully saturated rings. The molecule has 1 aliphatic rings. The molecule has 10 nitrogen and oxygen atoms in total. The number of nitrogens with one attached hydrogen (secondary N) is 1. The van der Waals surface area contributed by atoms with Crippen molar-refractivity contribution in [3.63, 3.8) is 0 Å². The van der Waals surface area contributed by atoms with Gasteiger partial charge in [-0.1, -0.05) is 6.92 Å². The molecule has 10 heteroatoms. The number of hydrogen-bond donors (Lipinski definition) is 2. The molecular weight excluding hydrogens is 558 g/mol. The van der Waals surface area contributed by atoms with Crippen molar-refractivity contribution < 1.29 is 24.2 Å². The fraction of sp³-hybridized carbons (Fsp3) is 0.618. The van der Waals surface area contributed by atoms with Crippen molar-refractivity contribution in [1.29, 1.82) is 0 Å². The molecule has 0 unspecified atom stereocenters. The van der Waals surface area contributed by atoms with Crippen LogP contribution in [0, 0.1) is 5.92 Å². The minimum Gasteiger partial charge on any atom is -0.490 e. The Balaban J connectivity index is 1.87. The van der Waals surface area contributed by atoms with Gasteiger partial charge in [-0.15, -0.1) is 0 Å². The number of carbonyl (C=O) groups excluding carboxylic acids is 2. The number of benzene rings is 1. The Morgan fingerprint density at radius 3 is 2.61 bits per heavy atom. The quantitative estimate of drug-likeness (QED) is 0.388. The van der Waals surface area contributed by atoms with Crippen molar-refractivity contribution in [2.45, 2.75) is 77.7 Å². The third-order valence-corrected chi connectivity index (χ3v) is 8.04. The third-order valence-electron chi connectivity index (χ3n) is 8.04. The lowest BCUT2D eigenvalue weighted by Gasteiger charge is -2.36. The summed E-state index contributed by atoms with van der Waals surface area (Å²) in [5.74, 6) is 0.126. The number of carbonyl (C=O) groups is 2. The minimum atomic E-state index is -0.428. The summed E-state index contributed by atoms with van der Waals surface area (Å²) in [6, 6.07) is 8.87. The summed E-state index contributed by atoms with van der Waals surface area (Å²) in [4.78, 5) is 37.1. The first-order valence-corrected chi connectivity index (χ1v) is 15.9. The van der Waals surface area contributed by atoms with Gasteiger partial charge in [-0.2, -0.15) is 0 Å². The van der Waals surface area contributed by atoms with E-state index >= 15 is 0 Å². The van der Waals surface area contributed by atoms with Crippen molar-refractivity contribution >= 4 is 17.5 Å². The van der Waals surface area contributed by atoms with Gasteiger partial charge in [-0.3, -0.25) is 19.5 Å². The summed E-state index contributed by atoms with van der Waals surface area (Å²) in [6.45, 7) is 9.07. The van der Waals surface area contributed by atoms with Crippen LogP contribution in [-0.4, -0.2) is 109 Å². The van der Waals surface area contributed by atoms with E-state index in [9.17, 15) is 14.7 Å². The molecule has 44 heavy (non-hydrogen) atoms. The highest BCUT2D eigenvalue weighted by Crippen LogP contribution is 2.28. The SMILES string of the molecule is C[C@H](CO)N1C[C@H](C)[C@@H](CN(C)Cc2ccncc2)OCCCC[C@H](C)Oc2ccc(NC(=O)CCCN(C)C)cc2C1=O. The lowest BCUT2D eigenvalue weighted by Crippen LogP contribution is -2.47. The number of aromatic nitrogens is 1. The zero-order valence-electron chi connectivity index (χ0n) is 27.5. The average Bonchev–Trinajstić information content (AvgIpc) is 2.98. The Morgan fingerprint density at radius 2 is 1.91 bits per heavy atom. The molecule has 0 saturated heterocycles. The number of ether oxygens (including phenoxy) is 2. The van der Waals surface area contributed by atoms with Gasteiger partial charge in [0.2, 0.25) is 5.91 Å². The van der Waals surface area contributed by atoms with Crippen molar-refractivity contribution in [3.05, 3.63) is 53.9 Å². The van der Waals surface area contributed by atoms with Crippen LogP contribution >= 0.6 is 0 Å². The summed E-state index contributed by atoms with van der Waals surface area (Å²) in [6.07, 6.45) is 7.16. The number of fused-ring (bicyclic) bond motifs is 1. The third kappa shape index (κ3) is 11.5. The Hall–Kier alpha value is -3.05. The number of rotatable bonds is 11. The number of anilines is 1. The predicted molar refractivity (Wildman–Crippen MR) is 174 cm³/mol. The van der Waals surface area contributed by atoms with Crippen LogP contribution in [0.3, 0.4) is 0 Å². The molecule has 2 aromatic rings. The molecule has 0 bridgehead atoms. The van der Waals surface area contributed by atoms with Crippen molar-refractivity contribution in [2.75, 3.05) is 59.3 Å². The molecule has 244 valence electrons. The molecule has 2 N–H and O–H groups in total. The number of amides is 2. The summed E-state index contributed by atoms with van der Waals surface area (Å²) < 4.78 is 12.8. The molecule has 4 atom stereocenters. The van der Waals surface area contributed by atoms with E-state index in [-0.39, 0.29) is 36.5 Å². The maximum Gasteiger partial charge on any atom is 0.258 e. The van der Waals surface area contributed by atoms with Gasteiger partial charge in [-0.05, 0) is 103 Å². The fourth-order valence-corrected chi connectivity index (χ4v) is 5.41. The van der Waals surface area contributed by atoms with Crippen molar-refractivity contribution in [1.82, 2.24) is 19.7 Å². The van der Waals surface area contributed by atoms with Gasteiger partial charge in [0.25, 0.3) is 5.91 Å². The maximum atomic E-state index is 14.3.